The van der Waals surface area contributed by atoms with Crippen molar-refractivity contribution in [1.29, 1.82) is 0 Å². The molecular weight excluding hydrogens is 234 g/mol. The molecule has 0 saturated carbocycles. The lowest BCUT2D eigenvalue weighted by Gasteiger charge is -2.23. The van der Waals surface area contributed by atoms with E-state index in [0.717, 1.165) is 31.4 Å². The second kappa shape index (κ2) is 8.67. The fraction of sp³-hybridized carbons (Fsp3) is 0.923. The predicted octanol–water partition coefficient (Wildman–Crippen LogP) is 3.82. The highest BCUT2D eigenvalue weighted by molar-refractivity contribution is 7.98. The third kappa shape index (κ3) is 10.5. The molecule has 0 spiro atoms. The zero-order valence-electron chi connectivity index (χ0n) is 11.8. The van der Waals surface area contributed by atoms with Gasteiger partial charge in [-0.3, -0.25) is 0 Å². The van der Waals surface area contributed by atoms with Crippen molar-refractivity contribution in [1.82, 2.24) is 5.32 Å². The maximum Gasteiger partial charge on any atom is 0.407 e. The van der Waals surface area contributed by atoms with Gasteiger partial charge in [-0.05, 0) is 45.6 Å². The number of hydrogen-bond donors (Lipinski definition) is 1. The Morgan fingerprint density at radius 2 is 2.00 bits per heavy atom. The average Bonchev–Trinajstić information content (AvgIpc) is 2.19. The number of carbonyl (C=O) groups excluding carboxylic acids is 1. The van der Waals surface area contributed by atoms with Crippen LogP contribution in [0.4, 0.5) is 4.79 Å². The third-order valence-corrected chi connectivity index (χ3v) is 2.92. The van der Waals surface area contributed by atoms with Gasteiger partial charge in [-0.1, -0.05) is 19.8 Å². The molecular formula is C13H27NO2S. The molecule has 1 amide bonds. The third-order valence-electron chi connectivity index (χ3n) is 2.27. The molecule has 0 aromatic heterocycles. The molecule has 0 radical (unpaired) electrons. The molecule has 0 aliphatic rings. The van der Waals surface area contributed by atoms with Gasteiger partial charge in [0.1, 0.15) is 6.10 Å². The van der Waals surface area contributed by atoms with Crippen LogP contribution in [-0.2, 0) is 4.74 Å². The number of amides is 1. The van der Waals surface area contributed by atoms with Crippen LogP contribution in [-0.4, -0.2) is 29.7 Å². The molecule has 0 aromatic rings. The Bertz CT molecular complexity index is 206. The maximum atomic E-state index is 11.7. The molecule has 0 aliphatic carbocycles. The first-order chi connectivity index (χ1) is 7.89. The van der Waals surface area contributed by atoms with Crippen LogP contribution in [0.15, 0.2) is 0 Å². The van der Waals surface area contributed by atoms with E-state index in [1.807, 2.05) is 20.8 Å². The van der Waals surface area contributed by atoms with E-state index in [1.165, 1.54) is 0 Å². The van der Waals surface area contributed by atoms with E-state index in [4.69, 9.17) is 4.74 Å². The summed E-state index contributed by atoms with van der Waals surface area (Å²) in [6, 6.07) is 0. The van der Waals surface area contributed by atoms with Crippen LogP contribution < -0.4 is 5.32 Å². The Hall–Kier alpha value is -0.380. The fourth-order valence-corrected chi connectivity index (χ4v) is 1.93. The van der Waals surface area contributed by atoms with Gasteiger partial charge in [0.25, 0.3) is 0 Å². The van der Waals surface area contributed by atoms with Crippen molar-refractivity contribution >= 4 is 17.9 Å². The molecule has 0 rings (SSSR count). The van der Waals surface area contributed by atoms with Crippen molar-refractivity contribution in [2.24, 2.45) is 0 Å². The molecule has 1 N–H and O–H groups in total. The minimum Gasteiger partial charge on any atom is -0.446 e. The monoisotopic (exact) mass is 261 g/mol. The lowest BCUT2D eigenvalue weighted by Crippen LogP contribution is -2.42. The van der Waals surface area contributed by atoms with Crippen LogP contribution in [0.3, 0.4) is 0 Å². The van der Waals surface area contributed by atoms with Gasteiger partial charge in [0.05, 0.1) is 0 Å². The Morgan fingerprint density at radius 1 is 1.35 bits per heavy atom. The van der Waals surface area contributed by atoms with E-state index in [2.05, 4.69) is 18.5 Å². The summed E-state index contributed by atoms with van der Waals surface area (Å²) in [5.41, 5.74) is -0.230. The second-order valence-electron chi connectivity index (χ2n) is 5.33. The van der Waals surface area contributed by atoms with Crippen LogP contribution in [0.2, 0.25) is 0 Å². The zero-order chi connectivity index (χ0) is 13.3. The molecule has 0 aromatic carbocycles. The quantitative estimate of drug-likeness (QED) is 0.757. The van der Waals surface area contributed by atoms with E-state index in [-0.39, 0.29) is 17.7 Å². The average molecular weight is 261 g/mol. The van der Waals surface area contributed by atoms with Crippen LogP contribution in [0.25, 0.3) is 0 Å². The van der Waals surface area contributed by atoms with Gasteiger partial charge in [0.2, 0.25) is 0 Å². The van der Waals surface area contributed by atoms with Crippen molar-refractivity contribution < 1.29 is 9.53 Å². The highest BCUT2D eigenvalue weighted by Gasteiger charge is 2.18. The lowest BCUT2D eigenvalue weighted by molar-refractivity contribution is 0.0837. The number of rotatable bonds is 7. The van der Waals surface area contributed by atoms with Gasteiger partial charge in [-0.15, -0.1) is 0 Å². The Kier molecular flexibility index (Phi) is 8.48. The highest BCUT2D eigenvalue weighted by Crippen LogP contribution is 2.12. The minimum absolute atomic E-state index is 0.0600. The molecule has 3 nitrogen and oxygen atoms in total. The minimum atomic E-state index is -0.292. The molecule has 0 unspecified atom stereocenters. The summed E-state index contributed by atoms with van der Waals surface area (Å²) in [6.07, 6.45) is 6.01. The molecule has 4 heteroatoms. The smallest absolute Gasteiger partial charge is 0.407 e. The SMILES string of the molecule is CCCC[C@@H](CCSC)OC(=O)NC(C)(C)C. The van der Waals surface area contributed by atoms with Crippen LogP contribution in [0.1, 0.15) is 53.4 Å². The van der Waals surface area contributed by atoms with Crippen LogP contribution in [0.5, 0.6) is 0 Å². The number of carbonyl (C=O) groups is 1. The van der Waals surface area contributed by atoms with Crippen molar-refractivity contribution in [2.45, 2.75) is 65.0 Å². The number of ether oxygens (including phenoxy) is 1. The molecule has 102 valence electrons. The Morgan fingerprint density at radius 3 is 2.47 bits per heavy atom. The van der Waals surface area contributed by atoms with E-state index >= 15 is 0 Å². The van der Waals surface area contributed by atoms with Gasteiger partial charge in [0, 0.05) is 5.54 Å². The van der Waals surface area contributed by atoms with Gasteiger partial charge in [-0.25, -0.2) is 4.79 Å². The molecule has 0 heterocycles. The van der Waals surface area contributed by atoms with E-state index in [9.17, 15) is 4.79 Å². The number of hydrogen-bond acceptors (Lipinski definition) is 3. The summed E-state index contributed by atoms with van der Waals surface area (Å²) < 4.78 is 5.47. The number of thioether (sulfide) groups is 1. The molecule has 0 fully saturated rings. The van der Waals surface area contributed by atoms with Crippen molar-refractivity contribution in [3.8, 4) is 0 Å². The van der Waals surface area contributed by atoms with E-state index < -0.39 is 0 Å². The molecule has 0 aliphatic heterocycles. The van der Waals surface area contributed by atoms with E-state index in [0.29, 0.717) is 0 Å². The van der Waals surface area contributed by atoms with Crippen molar-refractivity contribution in [3.63, 3.8) is 0 Å². The molecule has 17 heavy (non-hydrogen) atoms. The maximum absolute atomic E-state index is 11.7. The number of unbranched alkanes of at least 4 members (excludes halogenated alkanes) is 1. The van der Waals surface area contributed by atoms with Gasteiger partial charge in [-0.2, -0.15) is 11.8 Å². The molecule has 1 atom stereocenters. The first kappa shape index (κ1) is 16.6. The number of nitrogens with one attached hydrogen (secondary N) is 1. The van der Waals surface area contributed by atoms with Gasteiger partial charge in [0.15, 0.2) is 0 Å². The molecule has 0 saturated heterocycles. The first-order valence-electron chi connectivity index (χ1n) is 6.36. The summed E-state index contributed by atoms with van der Waals surface area (Å²) >= 11 is 1.79. The standard InChI is InChI=1S/C13H27NO2S/c1-6-7-8-11(9-10-17-5)16-12(15)14-13(2,3)4/h11H,6-10H2,1-5H3,(H,14,15)/t11-/m0/s1. The van der Waals surface area contributed by atoms with E-state index in [1.54, 1.807) is 11.8 Å². The topological polar surface area (TPSA) is 38.3 Å². The number of alkyl carbamates (subject to hydrolysis) is 1. The Balaban J connectivity index is 4.07. The van der Waals surface area contributed by atoms with Crippen LogP contribution >= 0.6 is 11.8 Å². The predicted molar refractivity (Wildman–Crippen MR) is 75.7 cm³/mol. The van der Waals surface area contributed by atoms with Crippen molar-refractivity contribution in [3.05, 3.63) is 0 Å². The lowest BCUT2D eigenvalue weighted by atomic mass is 10.1. The van der Waals surface area contributed by atoms with Gasteiger partial charge >= 0.3 is 6.09 Å². The van der Waals surface area contributed by atoms with Gasteiger partial charge < -0.3 is 10.1 Å². The van der Waals surface area contributed by atoms with Crippen molar-refractivity contribution in [2.75, 3.05) is 12.0 Å². The highest BCUT2D eigenvalue weighted by atomic mass is 32.2. The zero-order valence-corrected chi connectivity index (χ0v) is 12.7. The summed E-state index contributed by atoms with van der Waals surface area (Å²) in [5.74, 6) is 1.04. The fourth-order valence-electron chi connectivity index (χ4n) is 1.43. The molecule has 0 bridgehead atoms. The Labute approximate surface area is 110 Å². The summed E-state index contributed by atoms with van der Waals surface area (Å²) in [4.78, 5) is 11.7. The summed E-state index contributed by atoms with van der Waals surface area (Å²) in [6.45, 7) is 8.02. The largest absolute Gasteiger partial charge is 0.446 e. The summed E-state index contributed by atoms with van der Waals surface area (Å²) in [5, 5.41) is 2.83. The first-order valence-corrected chi connectivity index (χ1v) is 7.76. The normalized spacial score (nSPS) is 13.2. The summed E-state index contributed by atoms with van der Waals surface area (Å²) in [7, 11) is 0. The second-order valence-corrected chi connectivity index (χ2v) is 6.31. The van der Waals surface area contributed by atoms with Crippen LogP contribution in [0, 0.1) is 0 Å².